The summed E-state index contributed by atoms with van der Waals surface area (Å²) in [6, 6.07) is 3.17. The van der Waals surface area contributed by atoms with Crippen molar-refractivity contribution in [2.24, 2.45) is 0 Å². The van der Waals surface area contributed by atoms with Crippen LogP contribution >= 0.6 is 0 Å². The Kier molecular flexibility index (Phi) is 3.14. The molecular weight excluding hydrogens is 216 g/mol. The zero-order valence-electron chi connectivity index (χ0n) is 8.77. The maximum absolute atomic E-state index is 11.0. The van der Waals surface area contributed by atoms with Crippen molar-refractivity contribution in [3.05, 3.63) is 28.8 Å². The fourth-order valence-corrected chi connectivity index (χ4v) is 1.90. The van der Waals surface area contributed by atoms with Gasteiger partial charge in [0.15, 0.2) is 0 Å². The van der Waals surface area contributed by atoms with E-state index in [1.54, 1.807) is 26.0 Å². The SMILES string of the molecule is Cc1cc(C=O)cc(C)c1OS(C)(=O)=O. The minimum Gasteiger partial charge on any atom is -0.382 e. The Morgan fingerprint density at radius 2 is 1.67 bits per heavy atom. The van der Waals surface area contributed by atoms with Crippen LogP contribution < -0.4 is 4.18 Å². The summed E-state index contributed by atoms with van der Waals surface area (Å²) in [5.74, 6) is 0.295. The first-order chi connectivity index (χ1) is 6.83. The Morgan fingerprint density at radius 1 is 1.20 bits per heavy atom. The summed E-state index contributed by atoms with van der Waals surface area (Å²) in [7, 11) is -3.53. The minimum absolute atomic E-state index is 0.295. The second-order valence-electron chi connectivity index (χ2n) is 3.39. The average Bonchev–Trinajstić information content (AvgIpc) is 2.09. The van der Waals surface area contributed by atoms with E-state index in [1.807, 2.05) is 0 Å². The van der Waals surface area contributed by atoms with E-state index in [1.165, 1.54) is 0 Å². The minimum atomic E-state index is -3.53. The number of rotatable bonds is 3. The van der Waals surface area contributed by atoms with Gasteiger partial charge in [0.25, 0.3) is 0 Å². The Labute approximate surface area is 89.0 Å². The molecular formula is C10H12O4S. The van der Waals surface area contributed by atoms with E-state index >= 15 is 0 Å². The molecule has 0 unspecified atom stereocenters. The summed E-state index contributed by atoms with van der Waals surface area (Å²) < 4.78 is 26.8. The summed E-state index contributed by atoms with van der Waals surface area (Å²) >= 11 is 0. The predicted octanol–water partition coefficient (Wildman–Crippen LogP) is 1.45. The molecule has 0 N–H and O–H groups in total. The highest BCUT2D eigenvalue weighted by Gasteiger charge is 2.11. The van der Waals surface area contributed by atoms with E-state index in [0.717, 1.165) is 6.26 Å². The molecule has 15 heavy (non-hydrogen) atoms. The zero-order valence-corrected chi connectivity index (χ0v) is 9.59. The smallest absolute Gasteiger partial charge is 0.306 e. The van der Waals surface area contributed by atoms with Crippen LogP contribution in [0.25, 0.3) is 0 Å². The first-order valence-electron chi connectivity index (χ1n) is 4.29. The first-order valence-corrected chi connectivity index (χ1v) is 6.11. The maximum Gasteiger partial charge on any atom is 0.306 e. The van der Waals surface area contributed by atoms with Gasteiger partial charge in [0.05, 0.1) is 6.26 Å². The molecule has 1 aromatic carbocycles. The molecule has 0 aliphatic carbocycles. The summed E-state index contributed by atoms with van der Waals surface area (Å²) in [6.45, 7) is 3.39. The van der Waals surface area contributed by atoms with Crippen molar-refractivity contribution >= 4 is 16.4 Å². The average molecular weight is 228 g/mol. The molecule has 0 amide bonds. The number of hydrogen-bond acceptors (Lipinski definition) is 4. The monoisotopic (exact) mass is 228 g/mol. The lowest BCUT2D eigenvalue weighted by Crippen LogP contribution is -2.08. The van der Waals surface area contributed by atoms with Gasteiger partial charge in [-0.2, -0.15) is 8.42 Å². The first kappa shape index (κ1) is 11.7. The number of aryl methyl sites for hydroxylation is 2. The van der Waals surface area contributed by atoms with Crippen LogP contribution in [0.15, 0.2) is 12.1 Å². The van der Waals surface area contributed by atoms with E-state index in [-0.39, 0.29) is 0 Å². The molecule has 4 nitrogen and oxygen atoms in total. The molecule has 0 spiro atoms. The summed E-state index contributed by atoms with van der Waals surface area (Å²) in [5, 5.41) is 0. The molecule has 0 radical (unpaired) electrons. The molecule has 0 aliphatic heterocycles. The molecule has 1 rings (SSSR count). The molecule has 0 aromatic heterocycles. The number of carbonyl (C=O) groups excluding carboxylic acids is 1. The van der Waals surface area contributed by atoms with Crippen LogP contribution in [0.3, 0.4) is 0 Å². The van der Waals surface area contributed by atoms with Gasteiger partial charge in [-0.1, -0.05) is 0 Å². The maximum atomic E-state index is 11.0. The van der Waals surface area contributed by atoms with Crippen molar-refractivity contribution < 1.29 is 17.4 Å². The van der Waals surface area contributed by atoms with E-state index < -0.39 is 10.1 Å². The van der Waals surface area contributed by atoms with Crippen LogP contribution in [0.5, 0.6) is 5.75 Å². The molecule has 82 valence electrons. The highest BCUT2D eigenvalue weighted by molar-refractivity contribution is 7.86. The van der Waals surface area contributed by atoms with Gasteiger partial charge >= 0.3 is 10.1 Å². The normalized spacial score (nSPS) is 11.1. The standard InChI is InChI=1S/C10H12O4S/c1-7-4-9(6-11)5-8(2)10(7)14-15(3,12)13/h4-6H,1-3H3. The molecule has 0 saturated carbocycles. The van der Waals surface area contributed by atoms with E-state index in [0.29, 0.717) is 28.7 Å². The third-order valence-corrected chi connectivity index (χ3v) is 2.32. The number of carbonyl (C=O) groups is 1. The van der Waals surface area contributed by atoms with Gasteiger partial charge in [-0.25, -0.2) is 0 Å². The van der Waals surface area contributed by atoms with Gasteiger partial charge in [-0.15, -0.1) is 0 Å². The molecule has 0 atom stereocenters. The molecule has 0 heterocycles. The van der Waals surface area contributed by atoms with Crippen molar-refractivity contribution in [1.82, 2.24) is 0 Å². The lowest BCUT2D eigenvalue weighted by atomic mass is 10.1. The van der Waals surface area contributed by atoms with E-state index in [4.69, 9.17) is 4.18 Å². The summed E-state index contributed by atoms with van der Waals surface area (Å²) in [6.07, 6.45) is 1.70. The topological polar surface area (TPSA) is 60.4 Å². The van der Waals surface area contributed by atoms with Crippen LogP contribution in [-0.4, -0.2) is 21.0 Å². The highest BCUT2D eigenvalue weighted by atomic mass is 32.2. The van der Waals surface area contributed by atoms with E-state index in [2.05, 4.69) is 0 Å². The fraction of sp³-hybridized carbons (Fsp3) is 0.300. The van der Waals surface area contributed by atoms with Gasteiger partial charge in [0, 0.05) is 5.56 Å². The number of aldehydes is 1. The second kappa shape index (κ2) is 4.02. The quantitative estimate of drug-likeness (QED) is 0.580. The zero-order chi connectivity index (χ0) is 11.6. The van der Waals surface area contributed by atoms with Crippen LogP contribution in [0.1, 0.15) is 21.5 Å². The largest absolute Gasteiger partial charge is 0.382 e. The summed E-state index contributed by atoms with van der Waals surface area (Å²) in [4.78, 5) is 10.5. The Bertz CT molecular complexity index is 465. The molecule has 0 fully saturated rings. The van der Waals surface area contributed by atoms with E-state index in [9.17, 15) is 13.2 Å². The molecule has 1 aromatic rings. The van der Waals surface area contributed by atoms with Crippen molar-refractivity contribution in [1.29, 1.82) is 0 Å². The fourth-order valence-electron chi connectivity index (χ4n) is 1.33. The van der Waals surface area contributed by atoms with Gasteiger partial charge in [-0.05, 0) is 37.1 Å². The van der Waals surface area contributed by atoms with Crippen molar-refractivity contribution in [2.75, 3.05) is 6.26 Å². The Morgan fingerprint density at radius 3 is 2.00 bits per heavy atom. The molecule has 0 aliphatic rings. The third-order valence-electron chi connectivity index (χ3n) is 1.85. The van der Waals surface area contributed by atoms with Crippen LogP contribution in [-0.2, 0) is 10.1 Å². The summed E-state index contributed by atoms with van der Waals surface area (Å²) in [5.41, 5.74) is 1.76. The number of benzene rings is 1. The van der Waals surface area contributed by atoms with Crippen LogP contribution in [0, 0.1) is 13.8 Å². The van der Waals surface area contributed by atoms with Crippen LogP contribution in [0.4, 0.5) is 0 Å². The van der Waals surface area contributed by atoms with Crippen molar-refractivity contribution in [3.63, 3.8) is 0 Å². The third kappa shape index (κ3) is 3.06. The second-order valence-corrected chi connectivity index (χ2v) is 4.96. The van der Waals surface area contributed by atoms with Crippen molar-refractivity contribution in [3.8, 4) is 5.75 Å². The molecule has 5 heteroatoms. The number of hydrogen-bond donors (Lipinski definition) is 0. The van der Waals surface area contributed by atoms with Crippen LogP contribution in [0.2, 0.25) is 0 Å². The Hall–Kier alpha value is -1.36. The molecule has 0 saturated heterocycles. The van der Waals surface area contributed by atoms with Crippen molar-refractivity contribution in [2.45, 2.75) is 13.8 Å². The predicted molar refractivity (Wildman–Crippen MR) is 56.8 cm³/mol. The lowest BCUT2D eigenvalue weighted by Gasteiger charge is -2.10. The Balaban J connectivity index is 3.26. The molecule has 0 bridgehead atoms. The highest BCUT2D eigenvalue weighted by Crippen LogP contribution is 2.25. The van der Waals surface area contributed by atoms with Gasteiger partial charge in [0.2, 0.25) is 0 Å². The van der Waals surface area contributed by atoms with Gasteiger partial charge in [-0.3, -0.25) is 4.79 Å². The lowest BCUT2D eigenvalue weighted by molar-refractivity contribution is 0.112. The van der Waals surface area contributed by atoms with Gasteiger partial charge in [0.1, 0.15) is 12.0 Å². The van der Waals surface area contributed by atoms with Gasteiger partial charge < -0.3 is 4.18 Å².